The molecule has 0 radical (unpaired) electrons. The van der Waals surface area contributed by atoms with E-state index in [0.717, 1.165) is 17.1 Å². The van der Waals surface area contributed by atoms with Crippen molar-refractivity contribution in [2.75, 3.05) is 27.2 Å². The maximum absolute atomic E-state index is 12.7. The van der Waals surface area contributed by atoms with Crippen LogP contribution < -0.4 is 4.74 Å². The molecule has 1 fully saturated rings. The highest BCUT2D eigenvalue weighted by Crippen LogP contribution is 2.20. The number of ether oxygens (including phenoxy) is 1. The van der Waals surface area contributed by atoms with E-state index in [1.165, 1.54) is 26.2 Å². The number of rotatable bonds is 5. The van der Waals surface area contributed by atoms with Gasteiger partial charge >= 0.3 is 0 Å². The standard InChI is InChI=1S/C19H23N3O4S/c1-21(2)27(24,25)17-8-6-15(7-9-17)19(23)22-13-10-16(11-14-22)26-18-5-3-4-12-20-18/h3-9,12,16H,10-11,13-14H2,1-2H3. The molecule has 0 bridgehead atoms. The molecule has 7 nitrogen and oxygen atoms in total. The molecule has 1 aliphatic rings. The second-order valence-corrected chi connectivity index (χ2v) is 8.74. The summed E-state index contributed by atoms with van der Waals surface area (Å²) in [6.07, 6.45) is 3.19. The lowest BCUT2D eigenvalue weighted by molar-refractivity contribution is 0.0588. The number of likely N-dealkylation sites (tertiary alicyclic amines) is 1. The van der Waals surface area contributed by atoms with Crippen molar-refractivity contribution in [1.82, 2.24) is 14.2 Å². The molecule has 0 aliphatic carbocycles. The minimum Gasteiger partial charge on any atom is -0.474 e. The number of nitrogens with zero attached hydrogens (tertiary/aromatic N) is 3. The lowest BCUT2D eigenvalue weighted by Gasteiger charge is -2.32. The van der Waals surface area contributed by atoms with E-state index in [0.29, 0.717) is 24.5 Å². The Kier molecular flexibility index (Phi) is 5.76. The van der Waals surface area contributed by atoms with Gasteiger partial charge in [-0.25, -0.2) is 17.7 Å². The fourth-order valence-corrected chi connectivity index (χ4v) is 3.83. The van der Waals surface area contributed by atoms with Crippen LogP contribution in [0.15, 0.2) is 53.6 Å². The van der Waals surface area contributed by atoms with Crippen LogP contribution >= 0.6 is 0 Å². The number of sulfonamides is 1. The number of carbonyl (C=O) groups excluding carboxylic acids is 1. The van der Waals surface area contributed by atoms with Gasteiger partial charge in [0, 0.05) is 57.9 Å². The van der Waals surface area contributed by atoms with Crippen LogP contribution in [0, 0.1) is 0 Å². The molecule has 0 atom stereocenters. The van der Waals surface area contributed by atoms with Gasteiger partial charge in [0.2, 0.25) is 15.9 Å². The topological polar surface area (TPSA) is 79.8 Å². The van der Waals surface area contributed by atoms with Crippen molar-refractivity contribution in [3.8, 4) is 5.88 Å². The van der Waals surface area contributed by atoms with Gasteiger partial charge in [0.1, 0.15) is 6.10 Å². The largest absolute Gasteiger partial charge is 0.474 e. The molecule has 1 saturated heterocycles. The summed E-state index contributed by atoms with van der Waals surface area (Å²) < 4.78 is 31.2. The molecule has 1 aromatic carbocycles. The third-order valence-electron chi connectivity index (χ3n) is 4.53. The Morgan fingerprint density at radius 1 is 1.11 bits per heavy atom. The second kappa shape index (κ2) is 8.06. The zero-order chi connectivity index (χ0) is 19.4. The molecule has 2 aromatic rings. The fourth-order valence-electron chi connectivity index (χ4n) is 2.93. The summed E-state index contributed by atoms with van der Waals surface area (Å²) in [6, 6.07) is 11.6. The monoisotopic (exact) mass is 389 g/mol. The average Bonchev–Trinajstić information content (AvgIpc) is 2.69. The first-order chi connectivity index (χ1) is 12.9. The zero-order valence-electron chi connectivity index (χ0n) is 15.4. The Balaban J connectivity index is 1.59. The molecule has 0 saturated carbocycles. The van der Waals surface area contributed by atoms with Crippen molar-refractivity contribution in [1.29, 1.82) is 0 Å². The lowest BCUT2D eigenvalue weighted by atomic mass is 10.1. The molecule has 3 rings (SSSR count). The molecular weight excluding hydrogens is 366 g/mol. The van der Waals surface area contributed by atoms with Gasteiger partial charge in [-0.15, -0.1) is 0 Å². The molecule has 0 spiro atoms. The molecule has 2 heterocycles. The summed E-state index contributed by atoms with van der Waals surface area (Å²) in [5.74, 6) is 0.500. The van der Waals surface area contributed by atoms with Gasteiger partial charge in [-0.05, 0) is 30.3 Å². The quantitative estimate of drug-likeness (QED) is 0.782. The predicted octanol–water partition coefficient (Wildman–Crippen LogP) is 2.02. The smallest absolute Gasteiger partial charge is 0.253 e. The normalized spacial score (nSPS) is 15.7. The minimum atomic E-state index is -3.50. The Bertz CT molecular complexity index is 875. The van der Waals surface area contributed by atoms with Crippen LogP contribution in [0.4, 0.5) is 0 Å². The van der Waals surface area contributed by atoms with Crippen LogP contribution in [-0.2, 0) is 10.0 Å². The van der Waals surface area contributed by atoms with Gasteiger partial charge in [0.05, 0.1) is 4.90 Å². The van der Waals surface area contributed by atoms with Gasteiger partial charge < -0.3 is 9.64 Å². The molecule has 8 heteroatoms. The average molecular weight is 389 g/mol. The van der Waals surface area contributed by atoms with E-state index in [1.54, 1.807) is 23.2 Å². The number of amides is 1. The van der Waals surface area contributed by atoms with E-state index in [2.05, 4.69) is 4.98 Å². The van der Waals surface area contributed by atoms with E-state index in [-0.39, 0.29) is 16.9 Å². The summed E-state index contributed by atoms with van der Waals surface area (Å²) in [4.78, 5) is 18.8. The Morgan fingerprint density at radius 3 is 2.33 bits per heavy atom. The highest BCUT2D eigenvalue weighted by Gasteiger charge is 2.25. The number of benzene rings is 1. The van der Waals surface area contributed by atoms with Crippen LogP contribution in [0.5, 0.6) is 5.88 Å². The van der Waals surface area contributed by atoms with Gasteiger partial charge in [-0.1, -0.05) is 6.07 Å². The lowest BCUT2D eigenvalue weighted by Crippen LogP contribution is -2.41. The fraction of sp³-hybridized carbons (Fsp3) is 0.368. The SMILES string of the molecule is CN(C)S(=O)(=O)c1ccc(C(=O)N2CCC(Oc3ccccn3)CC2)cc1. The molecule has 0 N–H and O–H groups in total. The first kappa shape index (κ1) is 19.3. The summed E-state index contributed by atoms with van der Waals surface area (Å²) in [6.45, 7) is 1.18. The van der Waals surface area contributed by atoms with Crippen molar-refractivity contribution in [2.24, 2.45) is 0 Å². The van der Waals surface area contributed by atoms with Gasteiger partial charge in [-0.2, -0.15) is 0 Å². The van der Waals surface area contributed by atoms with Crippen molar-refractivity contribution < 1.29 is 17.9 Å². The highest BCUT2D eigenvalue weighted by molar-refractivity contribution is 7.89. The number of hydrogen-bond acceptors (Lipinski definition) is 5. The van der Waals surface area contributed by atoms with Crippen LogP contribution in [0.1, 0.15) is 23.2 Å². The van der Waals surface area contributed by atoms with Crippen molar-refractivity contribution >= 4 is 15.9 Å². The van der Waals surface area contributed by atoms with Crippen molar-refractivity contribution in [3.05, 3.63) is 54.2 Å². The van der Waals surface area contributed by atoms with Crippen LogP contribution in [0.3, 0.4) is 0 Å². The summed E-state index contributed by atoms with van der Waals surface area (Å²) in [5.41, 5.74) is 0.483. The molecule has 144 valence electrons. The minimum absolute atomic E-state index is 0.0385. The van der Waals surface area contributed by atoms with E-state index in [1.807, 2.05) is 18.2 Å². The van der Waals surface area contributed by atoms with Crippen LogP contribution in [0.25, 0.3) is 0 Å². The van der Waals surface area contributed by atoms with Gasteiger partial charge in [0.25, 0.3) is 5.91 Å². The second-order valence-electron chi connectivity index (χ2n) is 6.59. The Morgan fingerprint density at radius 2 is 1.78 bits per heavy atom. The number of piperidine rings is 1. The molecule has 27 heavy (non-hydrogen) atoms. The van der Waals surface area contributed by atoms with Crippen molar-refractivity contribution in [2.45, 2.75) is 23.8 Å². The van der Waals surface area contributed by atoms with E-state index in [9.17, 15) is 13.2 Å². The van der Waals surface area contributed by atoms with E-state index >= 15 is 0 Å². The number of aromatic nitrogens is 1. The molecule has 1 amide bonds. The van der Waals surface area contributed by atoms with Gasteiger partial charge in [0.15, 0.2) is 0 Å². The molecule has 1 aromatic heterocycles. The van der Waals surface area contributed by atoms with Crippen LogP contribution in [0.2, 0.25) is 0 Å². The zero-order valence-corrected chi connectivity index (χ0v) is 16.2. The van der Waals surface area contributed by atoms with Crippen molar-refractivity contribution in [3.63, 3.8) is 0 Å². The third kappa shape index (κ3) is 4.45. The first-order valence-electron chi connectivity index (χ1n) is 8.77. The molecule has 1 aliphatic heterocycles. The predicted molar refractivity (Wildman–Crippen MR) is 101 cm³/mol. The Labute approximate surface area is 159 Å². The molecule has 0 unspecified atom stereocenters. The molecular formula is C19H23N3O4S. The maximum atomic E-state index is 12.7. The number of pyridine rings is 1. The van der Waals surface area contributed by atoms with Gasteiger partial charge in [-0.3, -0.25) is 4.79 Å². The summed E-state index contributed by atoms with van der Waals surface area (Å²) in [7, 11) is -0.540. The highest BCUT2D eigenvalue weighted by atomic mass is 32.2. The maximum Gasteiger partial charge on any atom is 0.253 e. The summed E-state index contributed by atoms with van der Waals surface area (Å²) >= 11 is 0. The van der Waals surface area contributed by atoms with Crippen LogP contribution in [-0.4, -0.2) is 61.8 Å². The summed E-state index contributed by atoms with van der Waals surface area (Å²) in [5, 5.41) is 0. The van der Waals surface area contributed by atoms with E-state index in [4.69, 9.17) is 4.74 Å². The Hall–Kier alpha value is -2.45. The number of hydrogen-bond donors (Lipinski definition) is 0. The number of carbonyl (C=O) groups is 1. The van der Waals surface area contributed by atoms with E-state index < -0.39 is 10.0 Å². The first-order valence-corrected chi connectivity index (χ1v) is 10.2. The third-order valence-corrected chi connectivity index (χ3v) is 6.36.